The molecule has 0 radical (unpaired) electrons. The van der Waals surface area contributed by atoms with Gasteiger partial charge in [0.15, 0.2) is 0 Å². The van der Waals surface area contributed by atoms with Crippen LogP contribution in [-0.2, 0) is 11.8 Å². The molecule has 0 aliphatic rings. The minimum Gasteiger partial charge on any atom is -0.465 e. The first-order valence-corrected chi connectivity index (χ1v) is 6.16. The Morgan fingerprint density at radius 2 is 2.39 bits per heavy atom. The number of nitrogens with zero attached hydrogens (tertiary/aromatic N) is 2. The van der Waals surface area contributed by atoms with Crippen LogP contribution in [0.1, 0.15) is 15.4 Å². The van der Waals surface area contributed by atoms with Gasteiger partial charge < -0.3 is 9.30 Å². The van der Waals surface area contributed by atoms with Gasteiger partial charge in [-0.25, -0.2) is 4.79 Å². The lowest BCUT2D eigenvalue weighted by molar-refractivity contribution is 0.0607. The minimum absolute atomic E-state index is 0.360. The van der Waals surface area contributed by atoms with Gasteiger partial charge in [0.25, 0.3) is 0 Å². The lowest BCUT2D eigenvalue weighted by Crippen LogP contribution is -2.02. The van der Waals surface area contributed by atoms with Gasteiger partial charge in [-0.15, -0.1) is 11.3 Å². The number of ether oxygens (including phenoxy) is 1. The molecule has 2 rings (SSSR count). The van der Waals surface area contributed by atoms with E-state index in [2.05, 4.69) is 15.3 Å². The topological polar surface area (TPSA) is 55.6 Å². The third-order valence-corrected chi connectivity index (χ3v) is 3.30. The van der Waals surface area contributed by atoms with Crippen molar-refractivity contribution in [3.63, 3.8) is 0 Å². The van der Waals surface area contributed by atoms with E-state index in [1.54, 1.807) is 12.3 Å². The highest BCUT2D eigenvalue weighted by atomic mass is 32.1. The summed E-state index contributed by atoms with van der Waals surface area (Å²) in [5.41, 5.74) is 4.46. The maximum atomic E-state index is 11.4. The van der Waals surface area contributed by atoms with Crippen LogP contribution < -0.4 is 5.43 Å². The molecule has 18 heavy (non-hydrogen) atoms. The van der Waals surface area contributed by atoms with Crippen molar-refractivity contribution in [1.29, 1.82) is 0 Å². The maximum absolute atomic E-state index is 11.4. The fourth-order valence-corrected chi connectivity index (χ4v) is 2.18. The van der Waals surface area contributed by atoms with Crippen molar-refractivity contribution >= 4 is 29.2 Å². The molecule has 0 saturated carbocycles. The summed E-state index contributed by atoms with van der Waals surface area (Å²) in [5.74, 6) is -0.360. The molecule has 94 valence electrons. The van der Waals surface area contributed by atoms with E-state index < -0.39 is 0 Å². The van der Waals surface area contributed by atoms with Crippen LogP contribution in [0.15, 0.2) is 34.9 Å². The number of carbonyl (C=O) groups excluding carboxylic acids is 1. The summed E-state index contributed by atoms with van der Waals surface area (Å²) >= 11 is 1.32. The third-order valence-electron chi connectivity index (χ3n) is 2.40. The van der Waals surface area contributed by atoms with E-state index in [1.807, 2.05) is 35.3 Å². The summed E-state index contributed by atoms with van der Waals surface area (Å²) in [6.07, 6.45) is 3.63. The third kappa shape index (κ3) is 2.60. The monoisotopic (exact) mass is 263 g/mol. The number of carbonyl (C=O) groups is 1. The van der Waals surface area contributed by atoms with E-state index in [0.717, 1.165) is 5.69 Å². The Balaban J connectivity index is 2.07. The van der Waals surface area contributed by atoms with Crippen molar-refractivity contribution in [3.8, 4) is 0 Å². The van der Waals surface area contributed by atoms with E-state index in [0.29, 0.717) is 10.6 Å². The van der Waals surface area contributed by atoms with Gasteiger partial charge in [0.2, 0.25) is 0 Å². The van der Waals surface area contributed by atoms with Crippen LogP contribution in [-0.4, -0.2) is 23.9 Å². The van der Waals surface area contributed by atoms with Crippen molar-refractivity contribution in [1.82, 2.24) is 4.57 Å². The highest BCUT2D eigenvalue weighted by molar-refractivity contribution is 7.12. The van der Waals surface area contributed by atoms with Crippen molar-refractivity contribution in [2.45, 2.75) is 0 Å². The van der Waals surface area contributed by atoms with Crippen LogP contribution in [0.5, 0.6) is 0 Å². The maximum Gasteiger partial charge on any atom is 0.350 e. The predicted octanol–water partition coefficient (Wildman–Crippen LogP) is 2.32. The molecule has 0 amide bonds. The van der Waals surface area contributed by atoms with Crippen molar-refractivity contribution in [2.75, 3.05) is 12.5 Å². The standard InChI is InChI=1S/C12H13N3O2S/c1-15-6-3-4-9(15)8-13-14-10-5-7-18-11(10)12(16)17-2/h3-8,14H,1-2H3/b13-8-. The first-order chi connectivity index (χ1) is 8.72. The number of rotatable bonds is 4. The molecule has 0 unspecified atom stereocenters. The Morgan fingerprint density at radius 3 is 3.06 bits per heavy atom. The second-order valence-electron chi connectivity index (χ2n) is 3.57. The second-order valence-corrected chi connectivity index (χ2v) is 4.49. The first kappa shape index (κ1) is 12.4. The summed E-state index contributed by atoms with van der Waals surface area (Å²) in [6, 6.07) is 5.67. The number of anilines is 1. The molecule has 2 aromatic rings. The number of esters is 1. The molecule has 5 nitrogen and oxygen atoms in total. The van der Waals surface area contributed by atoms with E-state index >= 15 is 0 Å². The molecule has 0 atom stereocenters. The Kier molecular flexibility index (Phi) is 3.78. The lowest BCUT2D eigenvalue weighted by Gasteiger charge is -2.01. The molecule has 0 aliphatic carbocycles. The number of methoxy groups -OCH3 is 1. The fraction of sp³-hybridized carbons (Fsp3) is 0.167. The lowest BCUT2D eigenvalue weighted by atomic mass is 10.4. The number of aromatic nitrogens is 1. The number of hydrazone groups is 1. The van der Waals surface area contributed by atoms with E-state index in [1.165, 1.54) is 18.4 Å². The minimum atomic E-state index is -0.360. The predicted molar refractivity (Wildman–Crippen MR) is 72.3 cm³/mol. The molecule has 0 aliphatic heterocycles. The quantitative estimate of drug-likeness (QED) is 0.523. The summed E-state index contributed by atoms with van der Waals surface area (Å²) in [6.45, 7) is 0. The van der Waals surface area contributed by atoms with Crippen LogP contribution in [0.3, 0.4) is 0 Å². The summed E-state index contributed by atoms with van der Waals surface area (Å²) < 4.78 is 6.63. The van der Waals surface area contributed by atoms with Crippen LogP contribution >= 0.6 is 11.3 Å². The molecule has 0 fully saturated rings. The van der Waals surface area contributed by atoms with Gasteiger partial charge in [-0.3, -0.25) is 5.43 Å². The molecule has 0 bridgehead atoms. The number of nitrogens with one attached hydrogen (secondary N) is 1. The van der Waals surface area contributed by atoms with E-state index in [4.69, 9.17) is 0 Å². The zero-order valence-corrected chi connectivity index (χ0v) is 10.9. The molecule has 6 heteroatoms. The van der Waals surface area contributed by atoms with Crippen molar-refractivity contribution < 1.29 is 9.53 Å². The molecule has 2 aromatic heterocycles. The van der Waals surface area contributed by atoms with Crippen molar-refractivity contribution in [3.05, 3.63) is 40.3 Å². The molecule has 0 spiro atoms. The van der Waals surface area contributed by atoms with Gasteiger partial charge in [-0.1, -0.05) is 0 Å². The summed E-state index contributed by atoms with van der Waals surface area (Å²) in [7, 11) is 3.30. The molecular formula is C12H13N3O2S. The fourth-order valence-electron chi connectivity index (χ4n) is 1.42. The zero-order valence-electron chi connectivity index (χ0n) is 10.1. The second kappa shape index (κ2) is 5.50. The van der Waals surface area contributed by atoms with Crippen molar-refractivity contribution in [2.24, 2.45) is 12.1 Å². The first-order valence-electron chi connectivity index (χ1n) is 5.28. The molecule has 2 heterocycles. The van der Waals surface area contributed by atoms with Gasteiger partial charge in [0.05, 0.1) is 24.7 Å². The Morgan fingerprint density at radius 1 is 1.56 bits per heavy atom. The van der Waals surface area contributed by atoms with Crippen LogP contribution in [0.25, 0.3) is 0 Å². The Labute approximate surface area is 109 Å². The molecular weight excluding hydrogens is 250 g/mol. The summed E-state index contributed by atoms with van der Waals surface area (Å²) in [4.78, 5) is 11.9. The average molecular weight is 263 g/mol. The number of hydrogen-bond acceptors (Lipinski definition) is 5. The van der Waals surface area contributed by atoms with Crippen LogP contribution in [0, 0.1) is 0 Å². The number of aryl methyl sites for hydroxylation is 1. The van der Waals surface area contributed by atoms with Gasteiger partial charge in [-0.2, -0.15) is 5.10 Å². The Bertz CT molecular complexity index is 571. The van der Waals surface area contributed by atoms with Gasteiger partial charge in [0.1, 0.15) is 4.88 Å². The largest absolute Gasteiger partial charge is 0.465 e. The zero-order chi connectivity index (χ0) is 13.0. The molecule has 1 N–H and O–H groups in total. The average Bonchev–Trinajstić information content (AvgIpc) is 2.98. The smallest absolute Gasteiger partial charge is 0.350 e. The van der Waals surface area contributed by atoms with E-state index in [-0.39, 0.29) is 5.97 Å². The van der Waals surface area contributed by atoms with Gasteiger partial charge >= 0.3 is 5.97 Å². The van der Waals surface area contributed by atoms with Gasteiger partial charge in [0, 0.05) is 13.2 Å². The number of thiophene rings is 1. The van der Waals surface area contributed by atoms with Crippen LogP contribution in [0.2, 0.25) is 0 Å². The van der Waals surface area contributed by atoms with Crippen LogP contribution in [0.4, 0.5) is 5.69 Å². The SMILES string of the molecule is COC(=O)c1sccc1N/N=C\c1cccn1C. The Hall–Kier alpha value is -2.08. The highest BCUT2D eigenvalue weighted by Crippen LogP contribution is 2.22. The highest BCUT2D eigenvalue weighted by Gasteiger charge is 2.12. The van der Waals surface area contributed by atoms with Gasteiger partial charge in [-0.05, 0) is 23.6 Å². The molecule has 0 aromatic carbocycles. The van der Waals surface area contributed by atoms with E-state index in [9.17, 15) is 4.79 Å². The summed E-state index contributed by atoms with van der Waals surface area (Å²) in [5, 5.41) is 5.91. The number of hydrogen-bond donors (Lipinski definition) is 1. The normalized spacial score (nSPS) is 10.8. The molecule has 0 saturated heterocycles.